The molecule has 0 bridgehead atoms. The van der Waals surface area contributed by atoms with Gasteiger partial charge in [0, 0.05) is 29.8 Å². The quantitative estimate of drug-likeness (QED) is 0.488. The van der Waals surface area contributed by atoms with Crippen molar-refractivity contribution >= 4 is 28.9 Å². The maximum absolute atomic E-state index is 12.2. The Bertz CT molecular complexity index is 906. The fraction of sp³-hybridized carbons (Fsp3) is 0.167. The number of hydrogen-bond acceptors (Lipinski definition) is 5. The summed E-state index contributed by atoms with van der Waals surface area (Å²) in [6.07, 6.45) is 0. The normalized spacial score (nSPS) is 11.0. The van der Waals surface area contributed by atoms with Gasteiger partial charge in [-0.1, -0.05) is 18.2 Å². The standard InChI is InChI=1S/C18H18N4O4/c1-11-7-8-15(10-17(11)22(25)26)18(24)21-20-12(2)14-5-4-6-16(9-14)19-13(3)23/h4-10H,1-3H3,(H,19,23)(H,21,24)/b20-12-. The van der Waals surface area contributed by atoms with Crippen LogP contribution in [0.2, 0.25) is 0 Å². The van der Waals surface area contributed by atoms with Crippen LogP contribution in [0.25, 0.3) is 0 Å². The molecule has 0 aliphatic carbocycles. The van der Waals surface area contributed by atoms with Crippen molar-refractivity contribution in [2.45, 2.75) is 20.8 Å². The number of carbonyl (C=O) groups is 2. The minimum absolute atomic E-state index is 0.124. The molecule has 0 fully saturated rings. The van der Waals surface area contributed by atoms with Crippen LogP contribution < -0.4 is 10.7 Å². The van der Waals surface area contributed by atoms with E-state index in [2.05, 4.69) is 15.8 Å². The van der Waals surface area contributed by atoms with Gasteiger partial charge in [-0.2, -0.15) is 5.10 Å². The van der Waals surface area contributed by atoms with E-state index in [4.69, 9.17) is 0 Å². The molecule has 134 valence electrons. The lowest BCUT2D eigenvalue weighted by molar-refractivity contribution is -0.385. The fourth-order valence-corrected chi connectivity index (χ4v) is 2.24. The van der Waals surface area contributed by atoms with E-state index in [1.54, 1.807) is 38.1 Å². The molecule has 2 aromatic rings. The Morgan fingerprint density at radius 1 is 1.08 bits per heavy atom. The molecule has 0 saturated carbocycles. The Labute approximate surface area is 150 Å². The van der Waals surface area contributed by atoms with Gasteiger partial charge in [0.1, 0.15) is 0 Å². The SMILES string of the molecule is CC(=O)Nc1cccc(/C(C)=N\NC(=O)c2ccc(C)c([N+](=O)[O-])c2)c1. The minimum atomic E-state index is -0.550. The molecule has 8 nitrogen and oxygen atoms in total. The van der Waals surface area contributed by atoms with E-state index < -0.39 is 10.8 Å². The molecule has 0 unspecified atom stereocenters. The lowest BCUT2D eigenvalue weighted by Crippen LogP contribution is -2.19. The predicted octanol–water partition coefficient (Wildman–Crippen LogP) is 3.02. The second kappa shape index (κ2) is 8.02. The first-order valence-corrected chi connectivity index (χ1v) is 7.75. The Morgan fingerprint density at radius 2 is 1.81 bits per heavy atom. The molecule has 2 amide bonds. The van der Waals surface area contributed by atoms with Crippen molar-refractivity contribution in [3.63, 3.8) is 0 Å². The van der Waals surface area contributed by atoms with Gasteiger partial charge in [0.2, 0.25) is 5.91 Å². The summed E-state index contributed by atoms with van der Waals surface area (Å²) >= 11 is 0. The average Bonchev–Trinajstić information content (AvgIpc) is 2.59. The highest BCUT2D eigenvalue weighted by molar-refractivity contribution is 6.02. The van der Waals surface area contributed by atoms with Gasteiger partial charge in [0.25, 0.3) is 11.6 Å². The average molecular weight is 354 g/mol. The first kappa shape index (κ1) is 18.8. The maximum atomic E-state index is 12.2. The van der Waals surface area contributed by atoms with Crippen molar-refractivity contribution in [2.24, 2.45) is 5.10 Å². The number of hydrazone groups is 1. The van der Waals surface area contributed by atoms with Gasteiger partial charge < -0.3 is 5.32 Å². The molecule has 26 heavy (non-hydrogen) atoms. The van der Waals surface area contributed by atoms with E-state index in [0.717, 1.165) is 0 Å². The number of hydrogen-bond donors (Lipinski definition) is 2. The Morgan fingerprint density at radius 3 is 2.46 bits per heavy atom. The van der Waals surface area contributed by atoms with Crippen molar-refractivity contribution in [1.82, 2.24) is 5.43 Å². The molecule has 2 aromatic carbocycles. The number of benzene rings is 2. The zero-order chi connectivity index (χ0) is 19.3. The molecule has 0 heterocycles. The number of carbonyl (C=O) groups excluding carboxylic acids is 2. The monoisotopic (exact) mass is 354 g/mol. The summed E-state index contributed by atoms with van der Waals surface area (Å²) < 4.78 is 0. The van der Waals surface area contributed by atoms with E-state index in [-0.39, 0.29) is 17.2 Å². The topological polar surface area (TPSA) is 114 Å². The molecule has 0 aromatic heterocycles. The summed E-state index contributed by atoms with van der Waals surface area (Å²) in [6.45, 7) is 4.71. The van der Waals surface area contributed by atoms with Gasteiger partial charge in [-0.3, -0.25) is 19.7 Å². The third kappa shape index (κ3) is 4.73. The molecular formula is C18H18N4O4. The number of aryl methyl sites for hydroxylation is 1. The molecular weight excluding hydrogens is 336 g/mol. The minimum Gasteiger partial charge on any atom is -0.326 e. The first-order valence-electron chi connectivity index (χ1n) is 7.75. The van der Waals surface area contributed by atoms with Crippen LogP contribution in [-0.4, -0.2) is 22.4 Å². The summed E-state index contributed by atoms with van der Waals surface area (Å²) in [5.41, 5.74) is 4.73. The third-order valence-electron chi connectivity index (χ3n) is 3.59. The van der Waals surface area contributed by atoms with Crippen molar-refractivity contribution in [3.8, 4) is 0 Å². The fourth-order valence-electron chi connectivity index (χ4n) is 2.24. The van der Waals surface area contributed by atoms with E-state index in [1.165, 1.54) is 25.1 Å². The zero-order valence-corrected chi connectivity index (χ0v) is 14.6. The molecule has 2 rings (SSSR count). The molecule has 2 N–H and O–H groups in total. The van der Waals surface area contributed by atoms with Crippen LogP contribution in [0.5, 0.6) is 0 Å². The second-order valence-electron chi connectivity index (χ2n) is 5.66. The van der Waals surface area contributed by atoms with Gasteiger partial charge in [0.05, 0.1) is 10.6 Å². The second-order valence-corrected chi connectivity index (χ2v) is 5.66. The highest BCUT2D eigenvalue weighted by Gasteiger charge is 2.14. The smallest absolute Gasteiger partial charge is 0.273 e. The number of anilines is 1. The lowest BCUT2D eigenvalue weighted by atomic mass is 10.1. The summed E-state index contributed by atoms with van der Waals surface area (Å²) in [5.74, 6) is -0.739. The molecule has 0 saturated heterocycles. The van der Waals surface area contributed by atoms with E-state index >= 15 is 0 Å². The van der Waals surface area contributed by atoms with Crippen LogP contribution in [0.1, 0.15) is 35.3 Å². The number of nitro groups is 1. The summed E-state index contributed by atoms with van der Waals surface area (Å²) in [7, 11) is 0. The van der Waals surface area contributed by atoms with Crippen LogP contribution in [0.15, 0.2) is 47.6 Å². The molecule has 0 spiro atoms. The molecule has 8 heteroatoms. The van der Waals surface area contributed by atoms with Crippen molar-refractivity contribution in [3.05, 3.63) is 69.3 Å². The van der Waals surface area contributed by atoms with Gasteiger partial charge in [-0.25, -0.2) is 5.43 Å². The Kier molecular flexibility index (Phi) is 5.79. The van der Waals surface area contributed by atoms with Crippen LogP contribution in [0.4, 0.5) is 11.4 Å². The number of nitro benzene ring substituents is 1. The molecule has 0 aliphatic rings. The number of amides is 2. The number of nitrogens with zero attached hydrogens (tertiary/aromatic N) is 2. The predicted molar refractivity (Wildman–Crippen MR) is 98.3 cm³/mol. The number of rotatable bonds is 5. The highest BCUT2D eigenvalue weighted by atomic mass is 16.6. The lowest BCUT2D eigenvalue weighted by Gasteiger charge is -2.06. The maximum Gasteiger partial charge on any atom is 0.273 e. The van der Waals surface area contributed by atoms with Crippen LogP contribution >= 0.6 is 0 Å². The Balaban J connectivity index is 2.16. The van der Waals surface area contributed by atoms with E-state index in [0.29, 0.717) is 22.5 Å². The molecule has 0 atom stereocenters. The van der Waals surface area contributed by atoms with Crippen molar-refractivity contribution in [2.75, 3.05) is 5.32 Å². The van der Waals surface area contributed by atoms with Crippen LogP contribution in [-0.2, 0) is 4.79 Å². The van der Waals surface area contributed by atoms with Gasteiger partial charge in [-0.15, -0.1) is 0 Å². The zero-order valence-electron chi connectivity index (χ0n) is 14.6. The summed E-state index contributed by atoms with van der Waals surface area (Å²) in [6, 6.07) is 11.2. The first-order chi connectivity index (χ1) is 12.3. The van der Waals surface area contributed by atoms with E-state index in [9.17, 15) is 19.7 Å². The van der Waals surface area contributed by atoms with Crippen LogP contribution in [0.3, 0.4) is 0 Å². The largest absolute Gasteiger partial charge is 0.326 e. The number of nitrogens with one attached hydrogen (secondary N) is 2. The Hall–Kier alpha value is -3.55. The molecule has 0 aliphatic heterocycles. The summed E-state index contributed by atoms with van der Waals surface area (Å²) in [4.78, 5) is 33.7. The van der Waals surface area contributed by atoms with E-state index in [1.807, 2.05) is 0 Å². The van der Waals surface area contributed by atoms with Crippen molar-refractivity contribution < 1.29 is 14.5 Å². The summed E-state index contributed by atoms with van der Waals surface area (Å²) in [5, 5.41) is 17.7. The van der Waals surface area contributed by atoms with Gasteiger partial charge in [0.15, 0.2) is 0 Å². The van der Waals surface area contributed by atoms with Crippen molar-refractivity contribution in [1.29, 1.82) is 0 Å². The van der Waals surface area contributed by atoms with Gasteiger partial charge >= 0.3 is 0 Å². The van der Waals surface area contributed by atoms with Crippen LogP contribution in [0, 0.1) is 17.0 Å². The molecule has 0 radical (unpaired) electrons. The third-order valence-corrected chi connectivity index (χ3v) is 3.59. The highest BCUT2D eigenvalue weighted by Crippen LogP contribution is 2.19. The van der Waals surface area contributed by atoms with Gasteiger partial charge in [-0.05, 0) is 37.6 Å².